The van der Waals surface area contributed by atoms with Gasteiger partial charge in [0.15, 0.2) is 5.96 Å². The predicted molar refractivity (Wildman–Crippen MR) is 124 cm³/mol. The van der Waals surface area contributed by atoms with E-state index < -0.39 is 0 Å². The SMILES string of the molecule is CN=C(NCC1(c2ccccc2C)CCOCC1)N1CC(C)(C)C1(C)C.I. The highest BCUT2D eigenvalue weighted by Crippen LogP contribution is 2.46. The molecule has 0 saturated carbocycles. The van der Waals surface area contributed by atoms with Crippen LogP contribution < -0.4 is 5.32 Å². The summed E-state index contributed by atoms with van der Waals surface area (Å²) in [6, 6.07) is 8.81. The molecule has 0 aromatic heterocycles. The Kier molecular flexibility index (Phi) is 6.89. The molecule has 0 amide bonds. The fraction of sp³-hybridized carbons (Fsp3) is 0.682. The minimum atomic E-state index is 0. The molecule has 1 N–H and O–H groups in total. The maximum Gasteiger partial charge on any atom is 0.194 e. The average Bonchev–Trinajstić information content (AvgIpc) is 2.62. The van der Waals surface area contributed by atoms with E-state index in [2.05, 4.69) is 74.1 Å². The molecule has 2 fully saturated rings. The van der Waals surface area contributed by atoms with Crippen LogP contribution in [0.15, 0.2) is 29.3 Å². The summed E-state index contributed by atoms with van der Waals surface area (Å²) in [5.41, 5.74) is 3.35. The number of halogens is 1. The first-order valence-electron chi connectivity index (χ1n) is 9.86. The van der Waals surface area contributed by atoms with Crippen LogP contribution in [0.5, 0.6) is 0 Å². The molecule has 0 atom stereocenters. The third-order valence-electron chi connectivity index (χ3n) is 7.10. The zero-order chi connectivity index (χ0) is 19.0. The molecule has 3 rings (SSSR count). The lowest BCUT2D eigenvalue weighted by atomic mass is 9.65. The summed E-state index contributed by atoms with van der Waals surface area (Å²) >= 11 is 0. The number of benzene rings is 1. The van der Waals surface area contributed by atoms with E-state index in [4.69, 9.17) is 4.74 Å². The molecule has 152 valence electrons. The lowest BCUT2D eigenvalue weighted by molar-refractivity contribution is -0.0671. The Hall–Kier alpha value is -0.820. The van der Waals surface area contributed by atoms with Gasteiger partial charge in [-0.2, -0.15) is 0 Å². The van der Waals surface area contributed by atoms with Crippen LogP contribution in [0.3, 0.4) is 0 Å². The van der Waals surface area contributed by atoms with Gasteiger partial charge in [0.05, 0.1) is 0 Å². The molecular weight excluding hydrogens is 449 g/mol. The summed E-state index contributed by atoms with van der Waals surface area (Å²) in [4.78, 5) is 7.02. The second-order valence-corrected chi connectivity index (χ2v) is 9.14. The average molecular weight is 485 g/mol. The van der Waals surface area contributed by atoms with Gasteiger partial charge in [0.1, 0.15) is 0 Å². The standard InChI is InChI=1S/C22H35N3O.HI/c1-17-9-7-8-10-18(17)22(11-13-26-14-12-22)15-24-19(23-6)25-16-20(2,3)21(25,4)5;/h7-10H,11-16H2,1-6H3,(H,23,24);1H. The number of nitrogens with zero attached hydrogens (tertiary/aromatic N) is 2. The van der Waals surface area contributed by atoms with Crippen molar-refractivity contribution in [3.63, 3.8) is 0 Å². The van der Waals surface area contributed by atoms with Crippen LogP contribution in [0.2, 0.25) is 0 Å². The second-order valence-electron chi connectivity index (χ2n) is 9.14. The quantitative estimate of drug-likeness (QED) is 0.393. The molecule has 0 radical (unpaired) electrons. The molecular formula is C22H36IN3O. The summed E-state index contributed by atoms with van der Waals surface area (Å²) in [6.07, 6.45) is 2.10. The minimum absolute atomic E-state index is 0. The first kappa shape index (κ1) is 22.5. The van der Waals surface area contributed by atoms with E-state index in [0.717, 1.165) is 45.1 Å². The summed E-state index contributed by atoms with van der Waals surface area (Å²) in [5.74, 6) is 1.02. The monoisotopic (exact) mass is 485 g/mol. The number of hydrogen-bond donors (Lipinski definition) is 1. The Bertz CT molecular complexity index is 678. The highest BCUT2D eigenvalue weighted by Gasteiger charge is 2.54. The molecule has 1 aromatic carbocycles. The number of likely N-dealkylation sites (tertiary alicyclic amines) is 1. The Balaban J connectivity index is 0.00000261. The van der Waals surface area contributed by atoms with Crippen molar-refractivity contribution in [2.75, 3.05) is 33.4 Å². The van der Waals surface area contributed by atoms with E-state index in [-0.39, 0.29) is 34.9 Å². The molecule has 0 unspecified atom stereocenters. The van der Waals surface area contributed by atoms with Gasteiger partial charge in [-0.05, 0) is 44.7 Å². The Morgan fingerprint density at radius 1 is 1.15 bits per heavy atom. The van der Waals surface area contributed by atoms with Crippen molar-refractivity contribution >= 4 is 29.9 Å². The fourth-order valence-electron chi connectivity index (χ4n) is 4.41. The fourth-order valence-corrected chi connectivity index (χ4v) is 4.41. The zero-order valence-electron chi connectivity index (χ0n) is 17.8. The van der Waals surface area contributed by atoms with Crippen LogP contribution in [-0.4, -0.2) is 49.7 Å². The molecule has 4 nitrogen and oxygen atoms in total. The van der Waals surface area contributed by atoms with Crippen molar-refractivity contribution in [1.82, 2.24) is 10.2 Å². The number of aryl methyl sites for hydroxylation is 1. The van der Waals surface area contributed by atoms with Crippen molar-refractivity contribution < 1.29 is 4.74 Å². The number of aliphatic imine (C=N–C) groups is 1. The van der Waals surface area contributed by atoms with Crippen LogP contribution in [0.1, 0.15) is 51.7 Å². The van der Waals surface area contributed by atoms with Crippen LogP contribution >= 0.6 is 24.0 Å². The molecule has 27 heavy (non-hydrogen) atoms. The lowest BCUT2D eigenvalue weighted by Crippen LogP contribution is -2.72. The largest absolute Gasteiger partial charge is 0.381 e. The van der Waals surface area contributed by atoms with Crippen molar-refractivity contribution in [3.05, 3.63) is 35.4 Å². The van der Waals surface area contributed by atoms with Gasteiger partial charge in [-0.1, -0.05) is 38.1 Å². The topological polar surface area (TPSA) is 36.9 Å². The Morgan fingerprint density at radius 3 is 2.30 bits per heavy atom. The second kappa shape index (κ2) is 8.27. The van der Waals surface area contributed by atoms with Crippen molar-refractivity contribution in [2.24, 2.45) is 10.4 Å². The maximum absolute atomic E-state index is 5.69. The van der Waals surface area contributed by atoms with Crippen LogP contribution in [0, 0.1) is 12.3 Å². The van der Waals surface area contributed by atoms with Gasteiger partial charge in [-0.25, -0.2) is 0 Å². The predicted octanol–water partition coefficient (Wildman–Crippen LogP) is 4.36. The van der Waals surface area contributed by atoms with Gasteiger partial charge in [0.25, 0.3) is 0 Å². The molecule has 2 aliphatic rings. The number of nitrogens with one attached hydrogen (secondary N) is 1. The van der Waals surface area contributed by atoms with Gasteiger partial charge in [-0.3, -0.25) is 4.99 Å². The molecule has 2 saturated heterocycles. The van der Waals surface area contributed by atoms with E-state index in [1.165, 1.54) is 11.1 Å². The van der Waals surface area contributed by atoms with Gasteiger partial charge < -0.3 is 15.0 Å². The maximum atomic E-state index is 5.69. The first-order chi connectivity index (χ1) is 12.2. The molecule has 0 aliphatic carbocycles. The third-order valence-corrected chi connectivity index (χ3v) is 7.10. The summed E-state index contributed by atoms with van der Waals surface area (Å²) in [6.45, 7) is 15.1. The lowest BCUT2D eigenvalue weighted by Gasteiger charge is -2.62. The number of rotatable bonds is 3. The van der Waals surface area contributed by atoms with E-state index >= 15 is 0 Å². The highest BCUT2D eigenvalue weighted by molar-refractivity contribution is 14.0. The van der Waals surface area contributed by atoms with E-state index in [1.54, 1.807) is 0 Å². The molecule has 2 heterocycles. The molecule has 0 spiro atoms. The van der Waals surface area contributed by atoms with E-state index in [9.17, 15) is 0 Å². The van der Waals surface area contributed by atoms with Crippen LogP contribution in [0.4, 0.5) is 0 Å². The zero-order valence-corrected chi connectivity index (χ0v) is 20.1. The minimum Gasteiger partial charge on any atom is -0.381 e. The summed E-state index contributed by atoms with van der Waals surface area (Å²) < 4.78 is 5.69. The van der Waals surface area contributed by atoms with Crippen molar-refractivity contribution in [3.8, 4) is 0 Å². The number of hydrogen-bond acceptors (Lipinski definition) is 2. The van der Waals surface area contributed by atoms with E-state index in [1.807, 2.05) is 7.05 Å². The normalized spacial score (nSPS) is 23.2. The molecule has 0 bridgehead atoms. The molecule has 1 aromatic rings. The summed E-state index contributed by atoms with van der Waals surface area (Å²) in [7, 11) is 1.90. The first-order valence-corrected chi connectivity index (χ1v) is 9.86. The van der Waals surface area contributed by atoms with E-state index in [0.29, 0.717) is 5.41 Å². The van der Waals surface area contributed by atoms with Crippen molar-refractivity contribution in [2.45, 2.75) is 58.4 Å². The van der Waals surface area contributed by atoms with Crippen LogP contribution in [-0.2, 0) is 10.2 Å². The molecule has 2 aliphatic heterocycles. The Morgan fingerprint density at radius 2 is 1.78 bits per heavy atom. The number of ether oxygens (including phenoxy) is 1. The van der Waals surface area contributed by atoms with Gasteiger partial charge in [-0.15, -0.1) is 24.0 Å². The van der Waals surface area contributed by atoms with Gasteiger partial charge >= 0.3 is 0 Å². The van der Waals surface area contributed by atoms with Gasteiger partial charge in [0, 0.05) is 49.7 Å². The molecule has 5 heteroatoms. The van der Waals surface area contributed by atoms with Crippen LogP contribution in [0.25, 0.3) is 0 Å². The van der Waals surface area contributed by atoms with Crippen molar-refractivity contribution in [1.29, 1.82) is 0 Å². The van der Waals surface area contributed by atoms with Gasteiger partial charge in [0.2, 0.25) is 0 Å². The highest BCUT2D eigenvalue weighted by atomic mass is 127. The Labute approximate surface area is 182 Å². The third kappa shape index (κ3) is 4.00. The summed E-state index contributed by atoms with van der Waals surface area (Å²) in [5, 5.41) is 3.72. The smallest absolute Gasteiger partial charge is 0.194 e. The number of guanidine groups is 1.